The van der Waals surface area contributed by atoms with Crippen LogP contribution in [0, 0.1) is 6.92 Å². The molecule has 1 aromatic carbocycles. The zero-order valence-corrected chi connectivity index (χ0v) is 12.3. The first kappa shape index (κ1) is 13.8. The van der Waals surface area contributed by atoms with E-state index in [2.05, 4.69) is 50.6 Å². The number of hydrogen-bond donors (Lipinski definition) is 2. The molecule has 110 valence electrons. The molecule has 1 aliphatic heterocycles. The van der Waals surface area contributed by atoms with Gasteiger partial charge in [0.15, 0.2) is 0 Å². The molecule has 0 amide bonds. The van der Waals surface area contributed by atoms with E-state index >= 15 is 0 Å². The lowest BCUT2D eigenvalue weighted by atomic mass is 9.89. The lowest BCUT2D eigenvalue weighted by Gasteiger charge is -2.34. The quantitative estimate of drug-likeness (QED) is 0.669. The Kier molecular flexibility index (Phi) is 4.01. The van der Waals surface area contributed by atoms with E-state index < -0.39 is 0 Å². The highest BCUT2D eigenvalue weighted by Gasteiger charge is 2.23. The van der Waals surface area contributed by atoms with Gasteiger partial charge >= 0.3 is 0 Å². The summed E-state index contributed by atoms with van der Waals surface area (Å²) in [7, 11) is 0. The van der Waals surface area contributed by atoms with E-state index in [1.165, 1.54) is 5.56 Å². The van der Waals surface area contributed by atoms with Gasteiger partial charge in [0.05, 0.1) is 0 Å². The Morgan fingerprint density at radius 2 is 1.86 bits per heavy atom. The van der Waals surface area contributed by atoms with E-state index in [9.17, 15) is 0 Å². The van der Waals surface area contributed by atoms with E-state index in [1.807, 2.05) is 6.92 Å². The first-order valence-electron chi connectivity index (χ1n) is 7.37. The summed E-state index contributed by atoms with van der Waals surface area (Å²) in [4.78, 5) is 10.9. The number of nitrogens with zero attached hydrogens (tertiary/aromatic N) is 3. The second-order valence-corrected chi connectivity index (χ2v) is 5.49. The van der Waals surface area contributed by atoms with Crippen molar-refractivity contribution in [3.8, 4) is 0 Å². The fraction of sp³-hybridized carbons (Fsp3) is 0.375. The first-order valence-corrected chi connectivity index (χ1v) is 7.37. The molecule has 5 nitrogen and oxygen atoms in total. The molecular weight excluding hydrogens is 262 g/mol. The summed E-state index contributed by atoms with van der Waals surface area (Å²) in [6, 6.07) is 10.8. The molecule has 21 heavy (non-hydrogen) atoms. The van der Waals surface area contributed by atoms with Gasteiger partial charge in [-0.05, 0) is 31.2 Å². The number of nitrogens with two attached hydrogens (primary N) is 1. The van der Waals surface area contributed by atoms with Gasteiger partial charge in [0.2, 0.25) is 0 Å². The van der Waals surface area contributed by atoms with Crippen LogP contribution in [0.2, 0.25) is 0 Å². The molecule has 5 heteroatoms. The number of hydrogen-bond acceptors (Lipinski definition) is 5. The van der Waals surface area contributed by atoms with Crippen molar-refractivity contribution in [1.82, 2.24) is 9.97 Å². The standard InChI is InChI=1S/C16H21N5/c1-12-15(20-17)18-11-19-16(12)21-9-7-14(8-10-21)13-5-3-2-4-6-13/h2-6,11,14H,7-10,17H2,1H3,(H,18,19,20). The Morgan fingerprint density at radius 3 is 2.52 bits per heavy atom. The van der Waals surface area contributed by atoms with Crippen molar-refractivity contribution in [1.29, 1.82) is 0 Å². The fourth-order valence-corrected chi connectivity index (χ4v) is 3.06. The Hall–Kier alpha value is -2.14. The predicted molar refractivity (Wildman–Crippen MR) is 85.2 cm³/mol. The molecule has 0 radical (unpaired) electrons. The average molecular weight is 283 g/mol. The lowest BCUT2D eigenvalue weighted by Crippen LogP contribution is -2.34. The second kappa shape index (κ2) is 6.10. The Morgan fingerprint density at radius 1 is 1.14 bits per heavy atom. The number of nitrogen functional groups attached to an aromatic ring is 1. The fourth-order valence-electron chi connectivity index (χ4n) is 3.06. The molecule has 1 aromatic heterocycles. The van der Waals surface area contributed by atoms with Crippen LogP contribution in [0.3, 0.4) is 0 Å². The van der Waals surface area contributed by atoms with Crippen molar-refractivity contribution in [2.45, 2.75) is 25.7 Å². The van der Waals surface area contributed by atoms with Crippen molar-refractivity contribution in [2.24, 2.45) is 5.84 Å². The summed E-state index contributed by atoms with van der Waals surface area (Å²) in [5.74, 6) is 7.83. The van der Waals surface area contributed by atoms with Crippen LogP contribution in [0.5, 0.6) is 0 Å². The maximum atomic E-state index is 5.49. The van der Waals surface area contributed by atoms with Gasteiger partial charge in [0.1, 0.15) is 18.0 Å². The third-order valence-electron chi connectivity index (χ3n) is 4.26. The van der Waals surface area contributed by atoms with Crippen molar-refractivity contribution in [3.05, 3.63) is 47.8 Å². The molecule has 0 bridgehead atoms. The normalized spacial score (nSPS) is 16.0. The number of anilines is 2. The highest BCUT2D eigenvalue weighted by atomic mass is 15.3. The van der Waals surface area contributed by atoms with Crippen molar-refractivity contribution in [3.63, 3.8) is 0 Å². The topological polar surface area (TPSA) is 67.1 Å². The summed E-state index contributed by atoms with van der Waals surface area (Å²) in [6.45, 7) is 4.04. The summed E-state index contributed by atoms with van der Waals surface area (Å²) in [5.41, 5.74) is 5.09. The van der Waals surface area contributed by atoms with Gasteiger partial charge in [0, 0.05) is 18.7 Å². The molecule has 0 atom stereocenters. The maximum absolute atomic E-state index is 5.49. The third kappa shape index (κ3) is 2.83. The van der Waals surface area contributed by atoms with Gasteiger partial charge in [-0.1, -0.05) is 30.3 Å². The first-order chi connectivity index (χ1) is 10.3. The van der Waals surface area contributed by atoms with Crippen LogP contribution in [0.1, 0.15) is 29.9 Å². The largest absolute Gasteiger partial charge is 0.356 e. The zero-order chi connectivity index (χ0) is 14.7. The van der Waals surface area contributed by atoms with Crippen molar-refractivity contribution >= 4 is 11.6 Å². The Labute approximate surface area is 125 Å². The van der Waals surface area contributed by atoms with E-state index in [1.54, 1.807) is 6.33 Å². The molecule has 1 saturated heterocycles. The van der Waals surface area contributed by atoms with Crippen LogP contribution in [-0.2, 0) is 0 Å². The SMILES string of the molecule is Cc1c(NN)ncnc1N1CCC(c2ccccc2)CC1. The number of piperidine rings is 1. The minimum atomic E-state index is 0.650. The van der Waals surface area contributed by atoms with Crippen LogP contribution < -0.4 is 16.2 Å². The third-order valence-corrected chi connectivity index (χ3v) is 4.26. The molecule has 0 saturated carbocycles. The molecular formula is C16H21N5. The molecule has 0 unspecified atom stereocenters. The molecule has 2 aromatic rings. The van der Waals surface area contributed by atoms with E-state index in [-0.39, 0.29) is 0 Å². The summed E-state index contributed by atoms with van der Waals surface area (Å²) >= 11 is 0. The summed E-state index contributed by atoms with van der Waals surface area (Å²) in [5, 5.41) is 0. The molecule has 2 heterocycles. The molecule has 3 rings (SSSR count). The van der Waals surface area contributed by atoms with Crippen LogP contribution in [0.15, 0.2) is 36.7 Å². The second-order valence-electron chi connectivity index (χ2n) is 5.49. The monoisotopic (exact) mass is 283 g/mol. The number of hydrazine groups is 1. The van der Waals surface area contributed by atoms with Gasteiger partial charge in [0.25, 0.3) is 0 Å². The number of nitrogens with one attached hydrogen (secondary N) is 1. The zero-order valence-electron chi connectivity index (χ0n) is 12.3. The van der Waals surface area contributed by atoms with Crippen LogP contribution in [0.25, 0.3) is 0 Å². The van der Waals surface area contributed by atoms with E-state index in [4.69, 9.17) is 5.84 Å². The van der Waals surface area contributed by atoms with Crippen LogP contribution in [0.4, 0.5) is 11.6 Å². The maximum Gasteiger partial charge on any atom is 0.148 e. The molecule has 1 aliphatic rings. The number of benzene rings is 1. The molecule has 1 fully saturated rings. The highest BCUT2D eigenvalue weighted by molar-refractivity contribution is 5.57. The van der Waals surface area contributed by atoms with Crippen molar-refractivity contribution < 1.29 is 0 Å². The summed E-state index contributed by atoms with van der Waals surface area (Å²) < 4.78 is 0. The average Bonchev–Trinajstić information content (AvgIpc) is 2.56. The molecule has 0 aliphatic carbocycles. The van der Waals surface area contributed by atoms with Gasteiger partial charge in [-0.25, -0.2) is 15.8 Å². The van der Waals surface area contributed by atoms with Crippen LogP contribution >= 0.6 is 0 Å². The number of aromatic nitrogens is 2. The highest BCUT2D eigenvalue weighted by Crippen LogP contribution is 2.31. The number of rotatable bonds is 3. The Bertz CT molecular complexity index is 591. The van der Waals surface area contributed by atoms with Crippen LogP contribution in [-0.4, -0.2) is 23.1 Å². The Balaban J connectivity index is 1.72. The molecule has 0 spiro atoms. The van der Waals surface area contributed by atoms with E-state index in [0.717, 1.165) is 37.3 Å². The van der Waals surface area contributed by atoms with E-state index in [0.29, 0.717) is 11.7 Å². The van der Waals surface area contributed by atoms with Gasteiger partial charge < -0.3 is 10.3 Å². The minimum absolute atomic E-state index is 0.650. The van der Waals surface area contributed by atoms with Gasteiger partial charge in [-0.3, -0.25) is 0 Å². The minimum Gasteiger partial charge on any atom is -0.356 e. The summed E-state index contributed by atoms with van der Waals surface area (Å²) in [6.07, 6.45) is 3.87. The van der Waals surface area contributed by atoms with Gasteiger partial charge in [-0.2, -0.15) is 0 Å². The predicted octanol–water partition coefficient (Wildman–Crippen LogP) is 2.45. The van der Waals surface area contributed by atoms with Crippen molar-refractivity contribution in [2.75, 3.05) is 23.4 Å². The lowest BCUT2D eigenvalue weighted by molar-refractivity contribution is 0.502. The smallest absolute Gasteiger partial charge is 0.148 e. The van der Waals surface area contributed by atoms with Gasteiger partial charge in [-0.15, -0.1) is 0 Å². The molecule has 3 N–H and O–H groups in total.